The number of nitrogens with zero attached hydrogens (tertiary/aromatic N) is 4. The van der Waals surface area contributed by atoms with E-state index in [-0.39, 0.29) is 22.8 Å². The molecule has 2 fully saturated rings. The number of hydrogen-bond donors (Lipinski definition) is 1. The largest absolute Gasteiger partial charge is 0.376 e. The summed E-state index contributed by atoms with van der Waals surface area (Å²) in [5.41, 5.74) is 0.410. The summed E-state index contributed by atoms with van der Waals surface area (Å²) in [6.07, 6.45) is 8.04. The van der Waals surface area contributed by atoms with Gasteiger partial charge in [0.05, 0.1) is 11.7 Å². The van der Waals surface area contributed by atoms with Crippen molar-refractivity contribution in [1.82, 2.24) is 14.7 Å². The molecule has 0 saturated carbocycles. The van der Waals surface area contributed by atoms with Crippen molar-refractivity contribution >= 4 is 23.4 Å². The first-order valence-electron chi connectivity index (χ1n) is 10.5. The van der Waals surface area contributed by atoms with Gasteiger partial charge in [0.15, 0.2) is 0 Å². The monoisotopic (exact) mass is 407 g/mol. The molecule has 30 heavy (non-hydrogen) atoms. The molecule has 2 aliphatic rings. The van der Waals surface area contributed by atoms with E-state index in [1.807, 2.05) is 12.1 Å². The van der Waals surface area contributed by atoms with Crippen molar-refractivity contribution in [3.63, 3.8) is 0 Å². The smallest absolute Gasteiger partial charge is 0.267 e. The number of nitriles is 1. The Morgan fingerprint density at radius 2 is 2.13 bits per heavy atom. The molecule has 0 bridgehead atoms. The molecule has 4 heterocycles. The van der Waals surface area contributed by atoms with Gasteiger partial charge in [-0.25, -0.2) is 4.98 Å². The zero-order valence-corrected chi connectivity index (χ0v) is 16.8. The number of fused-ring (bicyclic) bond motifs is 1. The predicted octanol–water partition coefficient (Wildman–Crippen LogP) is 1.89. The second-order valence-corrected chi connectivity index (χ2v) is 7.65. The van der Waals surface area contributed by atoms with Crippen LogP contribution in [0.2, 0.25) is 0 Å². The van der Waals surface area contributed by atoms with Gasteiger partial charge in [0.1, 0.15) is 23.1 Å². The Morgan fingerprint density at radius 3 is 2.87 bits per heavy atom. The molecule has 2 saturated heterocycles. The molecular weight excluding hydrogens is 382 g/mol. The molecule has 1 unspecified atom stereocenters. The third-order valence-corrected chi connectivity index (χ3v) is 5.57. The Balaban J connectivity index is 1.71. The number of carbonyl (C=O) groups is 1. The Morgan fingerprint density at radius 1 is 1.30 bits per heavy atom. The van der Waals surface area contributed by atoms with Gasteiger partial charge in [0.2, 0.25) is 0 Å². The van der Waals surface area contributed by atoms with Gasteiger partial charge in [0.25, 0.3) is 11.5 Å². The lowest BCUT2D eigenvalue weighted by molar-refractivity contribution is -0.117. The quantitative estimate of drug-likeness (QED) is 0.600. The lowest BCUT2D eigenvalue weighted by atomic mass is 10.1. The first-order valence-corrected chi connectivity index (χ1v) is 10.5. The van der Waals surface area contributed by atoms with Crippen molar-refractivity contribution in [3.8, 4) is 6.07 Å². The zero-order chi connectivity index (χ0) is 20.9. The van der Waals surface area contributed by atoms with Crippen LogP contribution in [0, 0.1) is 11.3 Å². The van der Waals surface area contributed by atoms with Gasteiger partial charge >= 0.3 is 0 Å². The van der Waals surface area contributed by atoms with E-state index in [0.717, 1.165) is 45.2 Å². The average molecular weight is 407 g/mol. The molecule has 4 rings (SSSR count). The van der Waals surface area contributed by atoms with Crippen LogP contribution in [-0.4, -0.2) is 47.6 Å². The lowest BCUT2D eigenvalue weighted by Gasteiger charge is -2.29. The number of rotatable bonds is 5. The maximum Gasteiger partial charge on any atom is 0.267 e. The highest BCUT2D eigenvalue weighted by atomic mass is 16.5. The fraction of sp³-hybridized carbons (Fsp3) is 0.455. The number of hydrogen-bond acceptors (Lipinski definition) is 6. The van der Waals surface area contributed by atoms with Crippen LogP contribution in [0.1, 0.15) is 37.7 Å². The van der Waals surface area contributed by atoms with Gasteiger partial charge in [-0.15, -0.1) is 0 Å². The first-order chi connectivity index (χ1) is 14.7. The van der Waals surface area contributed by atoms with Gasteiger partial charge in [-0.2, -0.15) is 5.26 Å². The zero-order valence-electron chi connectivity index (χ0n) is 16.8. The van der Waals surface area contributed by atoms with Crippen molar-refractivity contribution < 1.29 is 9.53 Å². The maximum absolute atomic E-state index is 13.2. The summed E-state index contributed by atoms with van der Waals surface area (Å²) < 4.78 is 6.96. The molecule has 2 aliphatic heterocycles. The van der Waals surface area contributed by atoms with Gasteiger partial charge in [-0.1, -0.05) is 6.07 Å². The summed E-state index contributed by atoms with van der Waals surface area (Å²) in [5, 5.41) is 12.4. The molecule has 0 spiro atoms. The third-order valence-electron chi connectivity index (χ3n) is 5.57. The summed E-state index contributed by atoms with van der Waals surface area (Å²) >= 11 is 0. The van der Waals surface area contributed by atoms with E-state index in [4.69, 9.17) is 9.72 Å². The highest BCUT2D eigenvalue weighted by Gasteiger charge is 2.22. The minimum atomic E-state index is -0.504. The molecule has 2 aromatic heterocycles. The van der Waals surface area contributed by atoms with Gasteiger partial charge in [-0.3, -0.25) is 14.0 Å². The number of piperidine rings is 1. The van der Waals surface area contributed by atoms with Gasteiger partial charge in [0, 0.05) is 32.4 Å². The van der Waals surface area contributed by atoms with Crippen LogP contribution in [0.25, 0.3) is 11.7 Å². The number of pyridine rings is 1. The van der Waals surface area contributed by atoms with Crippen LogP contribution in [0.4, 0.5) is 5.82 Å². The van der Waals surface area contributed by atoms with E-state index in [9.17, 15) is 14.9 Å². The number of amides is 1. The Labute approximate surface area is 174 Å². The normalized spacial score (nSPS) is 19.6. The highest BCUT2D eigenvalue weighted by molar-refractivity contribution is 6.02. The molecule has 156 valence electrons. The highest BCUT2D eigenvalue weighted by Crippen LogP contribution is 2.23. The molecule has 0 radical (unpaired) electrons. The summed E-state index contributed by atoms with van der Waals surface area (Å²) in [6.45, 7) is 2.64. The van der Waals surface area contributed by atoms with E-state index in [0.29, 0.717) is 24.6 Å². The number of aromatic nitrogens is 2. The summed E-state index contributed by atoms with van der Waals surface area (Å²) in [7, 11) is 0. The Hall–Kier alpha value is -3.18. The first kappa shape index (κ1) is 20.1. The van der Waals surface area contributed by atoms with Crippen molar-refractivity contribution in [3.05, 3.63) is 45.9 Å². The number of anilines is 1. The summed E-state index contributed by atoms with van der Waals surface area (Å²) in [5.74, 6) is 0.0285. The van der Waals surface area contributed by atoms with E-state index in [1.54, 1.807) is 18.3 Å². The number of ether oxygens (including phenoxy) is 1. The van der Waals surface area contributed by atoms with E-state index < -0.39 is 5.91 Å². The van der Waals surface area contributed by atoms with Crippen LogP contribution in [0.15, 0.2) is 34.8 Å². The molecular formula is C22H25N5O3. The third kappa shape index (κ3) is 4.21. The molecule has 8 heteroatoms. The summed E-state index contributed by atoms with van der Waals surface area (Å²) in [4.78, 5) is 32.6. The number of carbonyl (C=O) groups excluding carboxylic acids is 1. The summed E-state index contributed by atoms with van der Waals surface area (Å²) in [6, 6.07) is 7.31. The second-order valence-electron chi connectivity index (χ2n) is 7.65. The number of nitrogens with one attached hydrogen (secondary N) is 1. The van der Waals surface area contributed by atoms with E-state index in [2.05, 4.69) is 10.2 Å². The van der Waals surface area contributed by atoms with E-state index in [1.165, 1.54) is 10.5 Å². The van der Waals surface area contributed by atoms with Crippen molar-refractivity contribution in [1.29, 1.82) is 5.26 Å². The minimum Gasteiger partial charge on any atom is -0.376 e. The van der Waals surface area contributed by atoms with Crippen LogP contribution < -0.4 is 15.8 Å². The van der Waals surface area contributed by atoms with E-state index >= 15 is 0 Å². The van der Waals surface area contributed by atoms with Crippen molar-refractivity contribution in [2.45, 2.75) is 38.2 Å². The molecule has 8 nitrogen and oxygen atoms in total. The predicted molar refractivity (Wildman–Crippen MR) is 113 cm³/mol. The lowest BCUT2D eigenvalue weighted by Crippen LogP contribution is -2.34. The fourth-order valence-electron chi connectivity index (χ4n) is 3.96. The topological polar surface area (TPSA) is 99.7 Å². The molecule has 1 atom stereocenters. The second kappa shape index (κ2) is 9.09. The molecule has 1 N–H and O–H groups in total. The Kier molecular flexibility index (Phi) is 6.10. The molecule has 1 amide bonds. The van der Waals surface area contributed by atoms with Crippen LogP contribution in [0.5, 0.6) is 0 Å². The van der Waals surface area contributed by atoms with Gasteiger partial charge in [-0.05, 0) is 50.3 Å². The van der Waals surface area contributed by atoms with Gasteiger partial charge < -0.3 is 15.0 Å². The molecule has 0 aromatic carbocycles. The minimum absolute atomic E-state index is 0.0224. The van der Waals surface area contributed by atoms with Crippen molar-refractivity contribution in [2.75, 3.05) is 31.1 Å². The van der Waals surface area contributed by atoms with Crippen molar-refractivity contribution in [2.24, 2.45) is 0 Å². The standard InChI is InChI=1S/C22H25N5O3/c23-14-16(21(28)24-15-17-7-6-12-30-17)13-18-20(26-9-3-1-4-10-26)25-19-8-2-5-11-27(19)22(18)29/h2,5,8,11,13,17H,1,3-4,6-7,9-10,12,15H2,(H,24,28). The Bertz CT molecular complexity index is 1060. The van der Waals surface area contributed by atoms with Crippen LogP contribution in [0.3, 0.4) is 0 Å². The molecule has 2 aromatic rings. The SMILES string of the molecule is N#CC(=Cc1c(N2CCCCC2)nc2ccccn2c1=O)C(=O)NCC1CCCO1. The maximum atomic E-state index is 13.2. The van der Waals surface area contributed by atoms with Crippen LogP contribution in [-0.2, 0) is 9.53 Å². The fourth-order valence-corrected chi connectivity index (χ4v) is 3.96. The van der Waals surface area contributed by atoms with Crippen LogP contribution >= 0.6 is 0 Å². The average Bonchev–Trinajstić information content (AvgIpc) is 3.31. The molecule has 0 aliphatic carbocycles.